The first-order valence-electron chi connectivity index (χ1n) is 3.73. The summed E-state index contributed by atoms with van der Waals surface area (Å²) in [6, 6.07) is 0. The summed E-state index contributed by atoms with van der Waals surface area (Å²) in [6.07, 6.45) is -0.516. The Kier molecular flexibility index (Phi) is 2.46. The predicted molar refractivity (Wildman–Crippen MR) is 38.5 cm³/mol. The first-order valence-corrected chi connectivity index (χ1v) is 3.73. The van der Waals surface area contributed by atoms with E-state index in [1.54, 1.807) is 13.8 Å². The molecule has 1 aliphatic heterocycles. The van der Waals surface area contributed by atoms with Gasteiger partial charge in [0.05, 0.1) is 12.6 Å². The zero-order chi connectivity index (χ0) is 8.43. The Hall–Kier alpha value is -0.610. The van der Waals surface area contributed by atoms with Crippen molar-refractivity contribution in [1.29, 1.82) is 0 Å². The Morgan fingerprint density at radius 1 is 1.73 bits per heavy atom. The van der Waals surface area contributed by atoms with Gasteiger partial charge in [-0.25, -0.2) is 5.06 Å². The topological polar surface area (TPSA) is 49.8 Å². The van der Waals surface area contributed by atoms with E-state index in [-0.39, 0.29) is 18.4 Å². The van der Waals surface area contributed by atoms with E-state index < -0.39 is 6.10 Å². The van der Waals surface area contributed by atoms with Gasteiger partial charge in [0.25, 0.3) is 0 Å². The van der Waals surface area contributed by atoms with Crippen LogP contribution in [0.5, 0.6) is 0 Å². The van der Waals surface area contributed by atoms with Gasteiger partial charge < -0.3 is 5.11 Å². The van der Waals surface area contributed by atoms with Crippen molar-refractivity contribution < 1.29 is 14.7 Å². The molecule has 1 atom stereocenters. The molecule has 0 aromatic heterocycles. The fraction of sp³-hybridized carbons (Fsp3) is 0.857. The molecule has 1 fully saturated rings. The molecule has 0 aromatic carbocycles. The van der Waals surface area contributed by atoms with Gasteiger partial charge in [0.15, 0.2) is 0 Å². The molecule has 4 nitrogen and oxygen atoms in total. The minimum Gasteiger partial charge on any atom is -0.389 e. The minimum atomic E-state index is -0.516. The molecule has 64 valence electrons. The van der Waals surface area contributed by atoms with Crippen LogP contribution in [0.1, 0.15) is 13.8 Å². The van der Waals surface area contributed by atoms with Crippen molar-refractivity contribution in [2.24, 2.45) is 5.92 Å². The maximum atomic E-state index is 11.2. The maximum absolute atomic E-state index is 11.2. The number of hydrogen-bond acceptors (Lipinski definition) is 3. The van der Waals surface area contributed by atoms with Gasteiger partial charge in [-0.05, 0) is 0 Å². The largest absolute Gasteiger partial charge is 0.389 e. The average molecular weight is 159 g/mol. The molecule has 0 radical (unpaired) electrons. The molecule has 0 spiro atoms. The standard InChI is InChI=1S/C7H13NO3/c1-5(2)7(10)8-3-6(9)4-11-8/h5-6,9H,3-4H2,1-2H3. The predicted octanol–water partition coefficient (Wildman–Crippen LogP) is -0.223. The third-order valence-corrected chi connectivity index (χ3v) is 1.54. The number of nitrogens with zero attached hydrogens (tertiary/aromatic N) is 1. The maximum Gasteiger partial charge on any atom is 0.248 e. The molecule has 1 saturated heterocycles. The molecule has 1 unspecified atom stereocenters. The van der Waals surface area contributed by atoms with Crippen LogP contribution < -0.4 is 0 Å². The normalized spacial score (nSPS) is 24.7. The van der Waals surface area contributed by atoms with E-state index in [9.17, 15) is 4.79 Å². The van der Waals surface area contributed by atoms with Crippen molar-refractivity contribution in [3.05, 3.63) is 0 Å². The first kappa shape index (κ1) is 8.49. The Morgan fingerprint density at radius 3 is 2.73 bits per heavy atom. The van der Waals surface area contributed by atoms with Crippen LogP contribution in [0, 0.1) is 5.92 Å². The van der Waals surface area contributed by atoms with Crippen LogP contribution in [-0.2, 0) is 9.63 Å². The van der Waals surface area contributed by atoms with E-state index in [1.165, 1.54) is 5.06 Å². The molecule has 4 heteroatoms. The minimum absolute atomic E-state index is 0.0680. The van der Waals surface area contributed by atoms with Gasteiger partial charge in [-0.3, -0.25) is 9.63 Å². The van der Waals surface area contributed by atoms with Gasteiger partial charge in [-0.1, -0.05) is 13.8 Å². The molecular weight excluding hydrogens is 146 g/mol. The molecule has 1 amide bonds. The highest BCUT2D eigenvalue weighted by Gasteiger charge is 2.27. The number of aliphatic hydroxyl groups is 1. The van der Waals surface area contributed by atoms with Crippen LogP contribution in [0.3, 0.4) is 0 Å². The number of hydroxylamine groups is 2. The van der Waals surface area contributed by atoms with Gasteiger partial charge in [0, 0.05) is 5.92 Å². The highest BCUT2D eigenvalue weighted by Crippen LogP contribution is 2.09. The Morgan fingerprint density at radius 2 is 2.36 bits per heavy atom. The number of β-amino-alcohol motifs (C(OH)–C–C–N with tert-alkyl or cyclic N) is 1. The quantitative estimate of drug-likeness (QED) is 0.575. The monoisotopic (exact) mass is 159 g/mol. The highest BCUT2D eigenvalue weighted by molar-refractivity contribution is 5.77. The van der Waals surface area contributed by atoms with E-state index in [4.69, 9.17) is 9.94 Å². The fourth-order valence-electron chi connectivity index (χ4n) is 0.914. The van der Waals surface area contributed by atoms with Crippen LogP contribution in [0.15, 0.2) is 0 Å². The molecule has 1 aliphatic rings. The second-order valence-corrected chi connectivity index (χ2v) is 3.00. The molecule has 0 saturated carbocycles. The summed E-state index contributed by atoms with van der Waals surface area (Å²) in [7, 11) is 0. The lowest BCUT2D eigenvalue weighted by Crippen LogP contribution is -2.31. The molecule has 0 aromatic rings. The summed E-state index contributed by atoms with van der Waals surface area (Å²) in [6.45, 7) is 4.14. The highest BCUT2D eigenvalue weighted by atomic mass is 16.7. The lowest BCUT2D eigenvalue weighted by molar-refractivity contribution is -0.172. The summed E-state index contributed by atoms with van der Waals surface area (Å²) < 4.78 is 0. The fourth-order valence-corrected chi connectivity index (χ4v) is 0.914. The third kappa shape index (κ3) is 1.91. The summed E-state index contributed by atoms with van der Waals surface area (Å²) in [5.41, 5.74) is 0. The van der Waals surface area contributed by atoms with Crippen LogP contribution in [0.4, 0.5) is 0 Å². The van der Waals surface area contributed by atoms with E-state index in [0.717, 1.165) is 0 Å². The number of rotatable bonds is 1. The lowest BCUT2D eigenvalue weighted by Gasteiger charge is -2.15. The number of carbonyl (C=O) groups is 1. The molecule has 0 aliphatic carbocycles. The van der Waals surface area contributed by atoms with Gasteiger partial charge >= 0.3 is 0 Å². The van der Waals surface area contributed by atoms with Crippen molar-refractivity contribution in [2.45, 2.75) is 20.0 Å². The summed E-state index contributed by atoms with van der Waals surface area (Å²) in [5, 5.41) is 10.2. The van der Waals surface area contributed by atoms with Gasteiger partial charge in [0.2, 0.25) is 5.91 Å². The van der Waals surface area contributed by atoms with Crippen molar-refractivity contribution in [1.82, 2.24) is 5.06 Å². The number of amides is 1. The van der Waals surface area contributed by atoms with Gasteiger partial charge in [-0.2, -0.15) is 0 Å². The number of hydrogen-bond donors (Lipinski definition) is 1. The van der Waals surface area contributed by atoms with Crippen molar-refractivity contribution in [3.8, 4) is 0 Å². The Balaban J connectivity index is 2.43. The Labute approximate surface area is 65.7 Å². The summed E-state index contributed by atoms with van der Waals surface area (Å²) in [4.78, 5) is 16.1. The molecule has 1 heterocycles. The first-order chi connectivity index (χ1) is 5.11. The van der Waals surface area contributed by atoms with E-state index >= 15 is 0 Å². The van der Waals surface area contributed by atoms with Crippen LogP contribution >= 0.6 is 0 Å². The second-order valence-electron chi connectivity index (χ2n) is 3.00. The Bertz CT molecular complexity index is 158. The van der Waals surface area contributed by atoms with E-state index in [2.05, 4.69) is 0 Å². The van der Waals surface area contributed by atoms with Crippen LogP contribution in [0.25, 0.3) is 0 Å². The van der Waals surface area contributed by atoms with Crippen LogP contribution in [0.2, 0.25) is 0 Å². The molecular formula is C7H13NO3. The number of aliphatic hydroxyl groups excluding tert-OH is 1. The summed E-state index contributed by atoms with van der Waals surface area (Å²) in [5.74, 6) is -0.137. The van der Waals surface area contributed by atoms with E-state index in [0.29, 0.717) is 6.54 Å². The van der Waals surface area contributed by atoms with Crippen molar-refractivity contribution in [3.63, 3.8) is 0 Å². The summed E-state index contributed by atoms with van der Waals surface area (Å²) >= 11 is 0. The molecule has 1 rings (SSSR count). The van der Waals surface area contributed by atoms with E-state index in [1.807, 2.05) is 0 Å². The van der Waals surface area contributed by atoms with Gasteiger partial charge in [-0.15, -0.1) is 0 Å². The molecule has 11 heavy (non-hydrogen) atoms. The zero-order valence-electron chi connectivity index (χ0n) is 6.78. The SMILES string of the molecule is CC(C)C(=O)N1CC(O)CO1. The third-order valence-electron chi connectivity index (χ3n) is 1.54. The zero-order valence-corrected chi connectivity index (χ0v) is 6.78. The van der Waals surface area contributed by atoms with Crippen LogP contribution in [-0.4, -0.2) is 35.3 Å². The van der Waals surface area contributed by atoms with Crippen molar-refractivity contribution >= 4 is 5.91 Å². The van der Waals surface area contributed by atoms with Crippen molar-refractivity contribution in [2.75, 3.05) is 13.2 Å². The smallest absolute Gasteiger partial charge is 0.248 e. The number of carbonyl (C=O) groups excluding carboxylic acids is 1. The molecule has 1 N–H and O–H groups in total. The second kappa shape index (κ2) is 3.19. The average Bonchev–Trinajstić information content (AvgIpc) is 2.34. The van der Waals surface area contributed by atoms with Gasteiger partial charge in [0.1, 0.15) is 6.61 Å². The lowest BCUT2D eigenvalue weighted by atomic mass is 10.2. The molecule has 0 bridgehead atoms.